The van der Waals surface area contributed by atoms with E-state index in [1.165, 1.54) is 0 Å². The number of aromatic nitrogens is 4. The molecule has 4 aromatic rings. The summed E-state index contributed by atoms with van der Waals surface area (Å²) in [5, 5.41) is 14.8. The van der Waals surface area contributed by atoms with Crippen LogP contribution in [0.4, 0.5) is 5.95 Å². The standard InChI is InChI=1S/C21H19N7O/c1-28(19-24-14-8-2-3-9-15(14)25-19)20-26-18(16-10-4-6-12-22-16)21(29,27-20)17-11-5-7-13-23-17/h2-13,20,27,29H,1H3,(H,24,25). The normalized spacial score (nSPS) is 21.3. The summed E-state index contributed by atoms with van der Waals surface area (Å²) in [5.74, 6) is 0.637. The van der Waals surface area contributed by atoms with E-state index in [0.717, 1.165) is 11.0 Å². The highest BCUT2D eigenvalue weighted by Crippen LogP contribution is 2.29. The summed E-state index contributed by atoms with van der Waals surface area (Å²) in [5.41, 5.74) is 1.64. The molecular weight excluding hydrogens is 366 g/mol. The summed E-state index contributed by atoms with van der Waals surface area (Å²) in [7, 11) is 1.86. The number of fused-ring (bicyclic) bond motifs is 1. The molecule has 0 spiro atoms. The highest BCUT2D eigenvalue weighted by Gasteiger charge is 2.46. The van der Waals surface area contributed by atoms with Crippen molar-refractivity contribution >= 4 is 22.7 Å². The van der Waals surface area contributed by atoms with Gasteiger partial charge in [-0.1, -0.05) is 24.3 Å². The predicted octanol–water partition coefficient (Wildman–Crippen LogP) is 2.01. The third-order valence-corrected chi connectivity index (χ3v) is 4.95. The van der Waals surface area contributed by atoms with Crippen LogP contribution in [-0.2, 0) is 5.72 Å². The molecule has 0 fully saturated rings. The van der Waals surface area contributed by atoms with Crippen LogP contribution in [0.2, 0.25) is 0 Å². The van der Waals surface area contributed by atoms with E-state index in [9.17, 15) is 5.11 Å². The van der Waals surface area contributed by atoms with Crippen molar-refractivity contribution < 1.29 is 5.11 Å². The van der Waals surface area contributed by atoms with Gasteiger partial charge in [-0.2, -0.15) is 0 Å². The molecule has 0 amide bonds. The largest absolute Gasteiger partial charge is 0.365 e. The molecule has 3 N–H and O–H groups in total. The number of nitrogens with zero attached hydrogens (tertiary/aromatic N) is 5. The minimum absolute atomic E-state index is 0.407. The highest BCUT2D eigenvalue weighted by atomic mass is 16.3. The molecule has 3 aromatic heterocycles. The monoisotopic (exact) mass is 385 g/mol. The summed E-state index contributed by atoms with van der Waals surface area (Å²) in [6, 6.07) is 18.7. The maximum absolute atomic E-state index is 11.6. The number of aromatic amines is 1. The van der Waals surface area contributed by atoms with Crippen molar-refractivity contribution in [3.63, 3.8) is 0 Å². The summed E-state index contributed by atoms with van der Waals surface area (Å²) in [6.07, 6.45) is 2.74. The van der Waals surface area contributed by atoms with Crippen LogP contribution in [0.1, 0.15) is 11.4 Å². The Morgan fingerprint density at radius 3 is 2.45 bits per heavy atom. The lowest BCUT2D eigenvalue weighted by Crippen LogP contribution is -2.52. The van der Waals surface area contributed by atoms with Gasteiger partial charge in [-0.3, -0.25) is 9.97 Å². The number of hydrogen-bond acceptors (Lipinski definition) is 7. The number of para-hydroxylation sites is 2. The molecular formula is C21H19N7O. The van der Waals surface area contributed by atoms with Gasteiger partial charge in [0.2, 0.25) is 11.7 Å². The fourth-order valence-electron chi connectivity index (χ4n) is 3.44. The molecule has 1 aliphatic heterocycles. The molecule has 1 aromatic carbocycles. The topological polar surface area (TPSA) is 102 Å². The Kier molecular flexibility index (Phi) is 4.08. The predicted molar refractivity (Wildman–Crippen MR) is 110 cm³/mol. The molecule has 0 aliphatic carbocycles. The van der Waals surface area contributed by atoms with Gasteiger partial charge in [0.15, 0.2) is 6.29 Å². The number of H-pyrrole nitrogens is 1. The van der Waals surface area contributed by atoms with Gasteiger partial charge in [0, 0.05) is 19.4 Å². The first-order chi connectivity index (χ1) is 14.1. The number of nitrogens with one attached hydrogen (secondary N) is 2. The van der Waals surface area contributed by atoms with Gasteiger partial charge in [-0.15, -0.1) is 0 Å². The number of anilines is 1. The lowest BCUT2D eigenvalue weighted by atomic mass is 10.0. The number of pyridine rings is 2. The second-order valence-electron chi connectivity index (χ2n) is 6.82. The molecule has 1 aliphatic rings. The third-order valence-electron chi connectivity index (χ3n) is 4.95. The zero-order valence-corrected chi connectivity index (χ0v) is 15.7. The Hall–Kier alpha value is -3.62. The lowest BCUT2D eigenvalue weighted by molar-refractivity contribution is 0.0697. The second kappa shape index (κ2) is 6.77. The molecule has 5 rings (SSSR count). The van der Waals surface area contributed by atoms with Crippen molar-refractivity contribution in [2.45, 2.75) is 12.0 Å². The van der Waals surface area contributed by atoms with E-state index in [0.29, 0.717) is 23.0 Å². The fourth-order valence-corrected chi connectivity index (χ4v) is 3.44. The Morgan fingerprint density at radius 1 is 0.966 bits per heavy atom. The van der Waals surface area contributed by atoms with Crippen molar-refractivity contribution in [1.82, 2.24) is 25.3 Å². The molecule has 4 heterocycles. The van der Waals surface area contributed by atoms with Crippen LogP contribution in [0, 0.1) is 0 Å². The smallest absolute Gasteiger partial charge is 0.208 e. The molecule has 0 bridgehead atoms. The van der Waals surface area contributed by atoms with E-state index in [-0.39, 0.29) is 0 Å². The molecule has 2 unspecified atom stereocenters. The SMILES string of the molecule is CN(c1nc2ccccc2[nH]1)C1N=C(c2ccccn2)C(O)(c2ccccn2)N1. The maximum atomic E-state index is 11.6. The Balaban J connectivity index is 1.57. The minimum Gasteiger partial charge on any atom is -0.365 e. The number of aliphatic hydroxyl groups is 1. The van der Waals surface area contributed by atoms with E-state index in [4.69, 9.17) is 4.99 Å². The quantitative estimate of drug-likeness (QED) is 0.497. The van der Waals surface area contributed by atoms with Crippen LogP contribution >= 0.6 is 0 Å². The van der Waals surface area contributed by atoms with E-state index in [1.54, 1.807) is 24.5 Å². The number of imidazole rings is 1. The molecule has 8 heteroatoms. The van der Waals surface area contributed by atoms with Crippen LogP contribution in [0.15, 0.2) is 78.0 Å². The van der Waals surface area contributed by atoms with Crippen molar-refractivity contribution in [2.75, 3.05) is 11.9 Å². The zero-order chi connectivity index (χ0) is 19.8. The lowest BCUT2D eigenvalue weighted by Gasteiger charge is -2.28. The Morgan fingerprint density at radius 2 is 1.72 bits per heavy atom. The molecule has 2 atom stereocenters. The van der Waals surface area contributed by atoms with Gasteiger partial charge in [0.1, 0.15) is 5.71 Å². The van der Waals surface area contributed by atoms with E-state index >= 15 is 0 Å². The molecule has 144 valence electrons. The fraction of sp³-hybridized carbons (Fsp3) is 0.143. The average Bonchev–Trinajstić information content (AvgIpc) is 3.36. The van der Waals surface area contributed by atoms with Crippen molar-refractivity contribution in [1.29, 1.82) is 0 Å². The van der Waals surface area contributed by atoms with Crippen molar-refractivity contribution in [3.05, 3.63) is 84.4 Å². The molecule has 0 radical (unpaired) electrons. The molecule has 0 saturated heterocycles. The van der Waals surface area contributed by atoms with Crippen molar-refractivity contribution in [2.24, 2.45) is 4.99 Å². The number of rotatable bonds is 4. The molecule has 0 saturated carbocycles. The summed E-state index contributed by atoms with van der Waals surface area (Å²) in [4.78, 5) is 23.2. The van der Waals surface area contributed by atoms with Crippen LogP contribution < -0.4 is 10.2 Å². The zero-order valence-electron chi connectivity index (χ0n) is 15.7. The number of benzene rings is 1. The van der Waals surface area contributed by atoms with Gasteiger partial charge >= 0.3 is 0 Å². The second-order valence-corrected chi connectivity index (χ2v) is 6.82. The maximum Gasteiger partial charge on any atom is 0.208 e. The van der Waals surface area contributed by atoms with E-state index < -0.39 is 12.0 Å². The van der Waals surface area contributed by atoms with Crippen LogP contribution in [0.3, 0.4) is 0 Å². The average molecular weight is 385 g/mol. The van der Waals surface area contributed by atoms with Gasteiger partial charge < -0.3 is 15.0 Å². The summed E-state index contributed by atoms with van der Waals surface area (Å²) < 4.78 is 0. The number of aliphatic imine (C=N–C) groups is 1. The first kappa shape index (κ1) is 17.5. The van der Waals surface area contributed by atoms with Gasteiger partial charge in [0.05, 0.1) is 22.4 Å². The van der Waals surface area contributed by atoms with Crippen LogP contribution in [-0.4, -0.2) is 44.1 Å². The first-order valence-corrected chi connectivity index (χ1v) is 9.24. The third kappa shape index (κ3) is 2.95. The van der Waals surface area contributed by atoms with Crippen molar-refractivity contribution in [3.8, 4) is 0 Å². The molecule has 29 heavy (non-hydrogen) atoms. The van der Waals surface area contributed by atoms with E-state index in [2.05, 4.69) is 25.3 Å². The van der Waals surface area contributed by atoms with Crippen LogP contribution in [0.25, 0.3) is 11.0 Å². The van der Waals surface area contributed by atoms with Gasteiger partial charge in [0.25, 0.3) is 0 Å². The first-order valence-electron chi connectivity index (χ1n) is 9.24. The van der Waals surface area contributed by atoms with Gasteiger partial charge in [-0.25, -0.2) is 15.3 Å². The van der Waals surface area contributed by atoms with E-state index in [1.807, 2.05) is 60.5 Å². The van der Waals surface area contributed by atoms with Gasteiger partial charge in [-0.05, 0) is 36.4 Å². The highest BCUT2D eigenvalue weighted by molar-refractivity contribution is 6.06. The number of hydrogen-bond donors (Lipinski definition) is 3. The van der Waals surface area contributed by atoms with Crippen LogP contribution in [0.5, 0.6) is 0 Å². The Labute approximate surface area is 167 Å². The summed E-state index contributed by atoms with van der Waals surface area (Å²) >= 11 is 0. The minimum atomic E-state index is -1.58. The Bertz CT molecular complexity index is 1140. The summed E-state index contributed by atoms with van der Waals surface area (Å²) in [6.45, 7) is 0. The molecule has 8 nitrogen and oxygen atoms in total.